The molecule has 0 bridgehead atoms. The van der Waals surface area contributed by atoms with E-state index in [1.807, 2.05) is 29.8 Å². The van der Waals surface area contributed by atoms with Gasteiger partial charge >= 0.3 is 6.18 Å². The van der Waals surface area contributed by atoms with Crippen molar-refractivity contribution in [3.8, 4) is 0 Å². The van der Waals surface area contributed by atoms with E-state index in [1.54, 1.807) is 20.0 Å². The van der Waals surface area contributed by atoms with Crippen molar-refractivity contribution in [3.63, 3.8) is 0 Å². The van der Waals surface area contributed by atoms with Crippen LogP contribution >= 0.6 is 0 Å². The van der Waals surface area contributed by atoms with Gasteiger partial charge in [-0.3, -0.25) is 0 Å². The van der Waals surface area contributed by atoms with E-state index in [2.05, 4.69) is 10.3 Å². The minimum absolute atomic E-state index is 0.440. The van der Waals surface area contributed by atoms with E-state index in [-0.39, 0.29) is 0 Å². The zero-order chi connectivity index (χ0) is 19.8. The highest BCUT2D eigenvalue weighted by Gasteiger charge is 2.31. The molecule has 3 aromatic rings. The molecule has 0 saturated carbocycles. The van der Waals surface area contributed by atoms with Crippen molar-refractivity contribution >= 4 is 22.4 Å². The summed E-state index contributed by atoms with van der Waals surface area (Å²) in [6, 6.07) is 6.02. The highest BCUT2D eigenvalue weighted by Crippen LogP contribution is 2.35. The smallest absolute Gasteiger partial charge is 0.391 e. The lowest BCUT2D eigenvalue weighted by Gasteiger charge is -2.16. The number of anilines is 2. The summed E-state index contributed by atoms with van der Waals surface area (Å²) >= 11 is 0. The summed E-state index contributed by atoms with van der Waals surface area (Å²) in [6.07, 6.45) is -0.634. The van der Waals surface area contributed by atoms with Gasteiger partial charge in [-0.15, -0.1) is 0 Å². The van der Waals surface area contributed by atoms with Gasteiger partial charge in [-0.1, -0.05) is 6.92 Å². The normalized spacial score (nSPS) is 13.1. The van der Waals surface area contributed by atoms with Crippen molar-refractivity contribution in [3.05, 3.63) is 53.3 Å². The first-order chi connectivity index (χ1) is 12.7. The number of aryl methyl sites for hydroxylation is 2. The highest BCUT2D eigenvalue weighted by atomic mass is 19.4. The second kappa shape index (κ2) is 7.23. The molecular weight excluding hydrogens is 355 g/mol. The Labute approximate surface area is 155 Å². The van der Waals surface area contributed by atoms with Crippen molar-refractivity contribution in [1.82, 2.24) is 9.55 Å². The van der Waals surface area contributed by atoms with E-state index < -0.39 is 17.8 Å². The third-order valence-electron chi connectivity index (χ3n) is 4.68. The van der Waals surface area contributed by atoms with Crippen LogP contribution in [0.2, 0.25) is 0 Å². The standard InChI is InChI=1S/C20H22F3N3O/c1-4-15(27)11-26-8-6-16-17(26)5-7-24-19(16)25-18-12(2)9-14(10-13(18)3)20(21,22)23/h5-10,15,27H,4,11H2,1-3H3,(H,24,25)/t15-/m1/s1. The van der Waals surface area contributed by atoms with Crippen LogP contribution < -0.4 is 5.32 Å². The van der Waals surface area contributed by atoms with E-state index >= 15 is 0 Å². The second-order valence-electron chi connectivity index (χ2n) is 6.73. The van der Waals surface area contributed by atoms with Gasteiger partial charge in [0.25, 0.3) is 0 Å². The number of rotatable bonds is 5. The summed E-state index contributed by atoms with van der Waals surface area (Å²) in [4.78, 5) is 4.36. The maximum atomic E-state index is 13.0. The van der Waals surface area contributed by atoms with Gasteiger partial charge in [0.15, 0.2) is 0 Å². The molecule has 2 aromatic heterocycles. The number of nitrogens with zero attached hydrogens (tertiary/aromatic N) is 2. The molecule has 0 saturated heterocycles. The van der Waals surface area contributed by atoms with E-state index in [9.17, 15) is 18.3 Å². The molecule has 0 aliphatic heterocycles. The molecule has 27 heavy (non-hydrogen) atoms. The number of alkyl halides is 3. The van der Waals surface area contributed by atoms with Gasteiger partial charge in [0.1, 0.15) is 5.82 Å². The SMILES string of the molecule is CC[C@@H](O)Cn1ccc2c(Nc3c(C)cc(C(F)(F)F)cc3C)nccc21. The number of aromatic nitrogens is 2. The number of benzene rings is 1. The van der Waals surface area contributed by atoms with Crippen molar-refractivity contribution in [1.29, 1.82) is 0 Å². The maximum Gasteiger partial charge on any atom is 0.416 e. The van der Waals surface area contributed by atoms with Gasteiger partial charge in [-0.25, -0.2) is 4.98 Å². The van der Waals surface area contributed by atoms with E-state index in [1.165, 1.54) is 0 Å². The van der Waals surface area contributed by atoms with Crippen LogP contribution in [0.15, 0.2) is 36.7 Å². The van der Waals surface area contributed by atoms with Gasteiger partial charge in [0.2, 0.25) is 0 Å². The van der Waals surface area contributed by atoms with Crippen LogP contribution in [0.3, 0.4) is 0 Å². The van der Waals surface area contributed by atoms with Gasteiger partial charge < -0.3 is 15.0 Å². The summed E-state index contributed by atoms with van der Waals surface area (Å²) in [5, 5.41) is 13.9. The third kappa shape index (κ3) is 3.93. The monoisotopic (exact) mass is 377 g/mol. The summed E-state index contributed by atoms with van der Waals surface area (Å²) in [5.41, 5.74) is 1.87. The van der Waals surface area contributed by atoms with E-state index in [4.69, 9.17) is 0 Å². The van der Waals surface area contributed by atoms with Crippen molar-refractivity contribution in [2.45, 2.75) is 46.0 Å². The van der Waals surface area contributed by atoms with Crippen LogP contribution in [-0.2, 0) is 12.7 Å². The molecule has 3 rings (SSSR count). The lowest BCUT2D eigenvalue weighted by Crippen LogP contribution is -2.13. The Kier molecular flexibility index (Phi) is 5.15. The second-order valence-corrected chi connectivity index (χ2v) is 6.73. The maximum absolute atomic E-state index is 13.0. The fourth-order valence-corrected chi connectivity index (χ4v) is 3.18. The highest BCUT2D eigenvalue weighted by molar-refractivity contribution is 5.92. The van der Waals surface area contributed by atoms with Gasteiger partial charge in [-0.05, 0) is 55.7 Å². The quantitative estimate of drug-likeness (QED) is 0.644. The molecule has 0 radical (unpaired) electrons. The van der Waals surface area contributed by atoms with Gasteiger partial charge in [-0.2, -0.15) is 13.2 Å². The minimum atomic E-state index is -4.37. The lowest BCUT2D eigenvalue weighted by molar-refractivity contribution is -0.137. The minimum Gasteiger partial charge on any atom is -0.391 e. The van der Waals surface area contributed by atoms with E-state index in [0.29, 0.717) is 35.6 Å². The van der Waals surface area contributed by atoms with Crippen LogP contribution in [0.1, 0.15) is 30.0 Å². The van der Waals surface area contributed by atoms with Crippen LogP contribution in [0.25, 0.3) is 10.9 Å². The zero-order valence-corrected chi connectivity index (χ0v) is 15.4. The molecule has 0 unspecified atom stereocenters. The third-order valence-corrected chi connectivity index (χ3v) is 4.68. The average molecular weight is 377 g/mol. The number of fused-ring (bicyclic) bond motifs is 1. The Bertz CT molecular complexity index is 940. The number of halogens is 3. The van der Waals surface area contributed by atoms with E-state index in [0.717, 1.165) is 23.0 Å². The molecule has 2 N–H and O–H groups in total. The molecule has 144 valence electrons. The molecule has 4 nitrogen and oxygen atoms in total. The van der Waals surface area contributed by atoms with Gasteiger partial charge in [0, 0.05) is 30.0 Å². The molecular formula is C20H22F3N3O. The summed E-state index contributed by atoms with van der Waals surface area (Å²) in [6.45, 7) is 5.68. The molecule has 0 spiro atoms. The van der Waals surface area contributed by atoms with Crippen molar-refractivity contribution < 1.29 is 18.3 Å². The number of nitrogens with one attached hydrogen (secondary N) is 1. The Hall–Kier alpha value is -2.54. The average Bonchev–Trinajstić information content (AvgIpc) is 3.00. The largest absolute Gasteiger partial charge is 0.416 e. The molecule has 0 fully saturated rings. The number of pyridine rings is 1. The number of aliphatic hydroxyl groups is 1. The van der Waals surface area contributed by atoms with Crippen LogP contribution in [0.5, 0.6) is 0 Å². The van der Waals surface area contributed by atoms with Crippen LogP contribution in [-0.4, -0.2) is 20.8 Å². The topological polar surface area (TPSA) is 50.1 Å². The predicted octanol–water partition coefficient (Wildman–Crippen LogP) is 5.19. The Morgan fingerprint density at radius 3 is 2.44 bits per heavy atom. The lowest BCUT2D eigenvalue weighted by atomic mass is 10.0. The number of hydrogen-bond acceptors (Lipinski definition) is 3. The molecule has 1 atom stereocenters. The molecule has 0 amide bonds. The zero-order valence-electron chi connectivity index (χ0n) is 15.4. The summed E-state index contributed by atoms with van der Waals surface area (Å²) in [7, 11) is 0. The first kappa shape index (κ1) is 19.2. The van der Waals surface area contributed by atoms with Crippen LogP contribution in [0.4, 0.5) is 24.7 Å². The summed E-state index contributed by atoms with van der Waals surface area (Å²) < 4.78 is 40.9. The summed E-state index contributed by atoms with van der Waals surface area (Å²) in [5.74, 6) is 0.572. The van der Waals surface area contributed by atoms with Gasteiger partial charge in [0.05, 0.1) is 17.2 Å². The first-order valence-electron chi connectivity index (χ1n) is 8.78. The number of aliphatic hydroxyl groups excluding tert-OH is 1. The fraction of sp³-hybridized carbons (Fsp3) is 0.350. The van der Waals surface area contributed by atoms with Crippen molar-refractivity contribution in [2.75, 3.05) is 5.32 Å². The molecule has 0 aliphatic rings. The molecule has 7 heteroatoms. The number of hydrogen-bond donors (Lipinski definition) is 2. The Morgan fingerprint density at radius 1 is 1.19 bits per heavy atom. The molecule has 2 heterocycles. The van der Waals surface area contributed by atoms with Crippen LogP contribution in [0, 0.1) is 13.8 Å². The Balaban J connectivity index is 1.98. The Morgan fingerprint density at radius 2 is 1.85 bits per heavy atom. The first-order valence-corrected chi connectivity index (χ1v) is 8.78. The van der Waals surface area contributed by atoms with Crippen molar-refractivity contribution in [2.24, 2.45) is 0 Å². The fourth-order valence-electron chi connectivity index (χ4n) is 3.18. The molecule has 0 aliphatic carbocycles. The predicted molar refractivity (Wildman–Crippen MR) is 100 cm³/mol. The molecule has 1 aromatic carbocycles.